The fraction of sp³-hybridized carbons (Fsp3) is 1.00. The maximum absolute atomic E-state index is 10.1. The van der Waals surface area contributed by atoms with Crippen molar-refractivity contribution in [1.82, 2.24) is 15.1 Å². The molecular formula is C15H31N3O. The molecule has 112 valence electrons. The highest BCUT2D eigenvalue weighted by atomic mass is 16.3. The van der Waals surface area contributed by atoms with Gasteiger partial charge in [-0.25, -0.2) is 0 Å². The lowest BCUT2D eigenvalue weighted by molar-refractivity contribution is 0.109. The smallest absolute Gasteiger partial charge is 0.0791 e. The Balaban J connectivity index is 1.70. The predicted molar refractivity (Wildman–Crippen MR) is 79.4 cm³/mol. The van der Waals surface area contributed by atoms with E-state index in [0.717, 1.165) is 32.2 Å². The fourth-order valence-electron chi connectivity index (χ4n) is 3.62. The Morgan fingerprint density at radius 3 is 2.74 bits per heavy atom. The van der Waals surface area contributed by atoms with Gasteiger partial charge < -0.3 is 15.3 Å². The summed E-state index contributed by atoms with van der Waals surface area (Å²) in [4.78, 5) is 4.92. The second kappa shape index (κ2) is 7.58. The number of fused-ring (bicyclic) bond motifs is 1. The summed E-state index contributed by atoms with van der Waals surface area (Å²) in [6.45, 7) is 10.4. The Labute approximate surface area is 118 Å². The van der Waals surface area contributed by atoms with E-state index < -0.39 is 0 Å². The average Bonchev–Trinajstić information content (AvgIpc) is 2.86. The van der Waals surface area contributed by atoms with E-state index in [9.17, 15) is 5.11 Å². The Morgan fingerprint density at radius 1 is 1.21 bits per heavy atom. The van der Waals surface area contributed by atoms with E-state index in [-0.39, 0.29) is 6.10 Å². The van der Waals surface area contributed by atoms with Crippen LogP contribution in [0.1, 0.15) is 39.5 Å². The van der Waals surface area contributed by atoms with Crippen molar-refractivity contribution < 1.29 is 5.11 Å². The van der Waals surface area contributed by atoms with Gasteiger partial charge in [0.15, 0.2) is 0 Å². The van der Waals surface area contributed by atoms with Gasteiger partial charge >= 0.3 is 0 Å². The van der Waals surface area contributed by atoms with Gasteiger partial charge in [-0.2, -0.15) is 0 Å². The molecule has 0 aromatic rings. The number of rotatable bonds is 7. The zero-order valence-corrected chi connectivity index (χ0v) is 12.6. The number of nitrogens with one attached hydrogen (secondary N) is 1. The molecule has 0 bridgehead atoms. The van der Waals surface area contributed by atoms with Crippen molar-refractivity contribution in [2.24, 2.45) is 0 Å². The molecule has 0 aromatic heterocycles. The fourth-order valence-corrected chi connectivity index (χ4v) is 3.62. The van der Waals surface area contributed by atoms with E-state index in [1.54, 1.807) is 0 Å². The highest BCUT2D eigenvalue weighted by molar-refractivity contribution is 4.94. The summed E-state index contributed by atoms with van der Waals surface area (Å²) >= 11 is 0. The van der Waals surface area contributed by atoms with Crippen LogP contribution in [-0.2, 0) is 0 Å². The third-order valence-corrected chi connectivity index (χ3v) is 4.84. The van der Waals surface area contributed by atoms with Crippen LogP contribution in [0.5, 0.6) is 0 Å². The molecule has 19 heavy (non-hydrogen) atoms. The topological polar surface area (TPSA) is 38.7 Å². The summed E-state index contributed by atoms with van der Waals surface area (Å²) in [7, 11) is 0. The van der Waals surface area contributed by atoms with E-state index in [1.165, 1.54) is 38.8 Å². The third kappa shape index (κ3) is 4.15. The zero-order valence-electron chi connectivity index (χ0n) is 12.6. The highest BCUT2D eigenvalue weighted by Gasteiger charge is 2.35. The molecule has 4 heteroatoms. The van der Waals surface area contributed by atoms with E-state index in [0.29, 0.717) is 6.04 Å². The monoisotopic (exact) mass is 269 g/mol. The third-order valence-electron chi connectivity index (χ3n) is 4.84. The lowest BCUT2D eigenvalue weighted by atomic mass is 9.99. The van der Waals surface area contributed by atoms with Gasteiger partial charge in [-0.15, -0.1) is 0 Å². The number of piperidine rings is 1. The SMILES string of the molecule is CCN(CC)CC(O)CNC1CCN2CCCCC12. The predicted octanol–water partition coefficient (Wildman–Crippen LogP) is 0.906. The molecule has 2 saturated heterocycles. The number of hydrogen-bond donors (Lipinski definition) is 2. The summed E-state index contributed by atoms with van der Waals surface area (Å²) in [5, 5.41) is 13.7. The van der Waals surface area contributed by atoms with Crippen molar-refractivity contribution >= 4 is 0 Å². The zero-order chi connectivity index (χ0) is 13.7. The molecule has 3 unspecified atom stereocenters. The van der Waals surface area contributed by atoms with Gasteiger partial charge in [-0.05, 0) is 38.9 Å². The van der Waals surface area contributed by atoms with Crippen LogP contribution in [-0.4, -0.2) is 72.4 Å². The summed E-state index contributed by atoms with van der Waals surface area (Å²) in [6, 6.07) is 1.33. The summed E-state index contributed by atoms with van der Waals surface area (Å²) in [5.41, 5.74) is 0. The normalized spacial score (nSPS) is 29.7. The number of hydrogen-bond acceptors (Lipinski definition) is 4. The van der Waals surface area contributed by atoms with Gasteiger partial charge in [0.25, 0.3) is 0 Å². The Bertz CT molecular complexity index is 258. The van der Waals surface area contributed by atoms with Crippen LogP contribution < -0.4 is 5.32 Å². The molecule has 0 radical (unpaired) electrons. The Hall–Kier alpha value is -0.160. The van der Waals surface area contributed by atoms with Gasteiger partial charge in [-0.3, -0.25) is 4.90 Å². The lowest BCUT2D eigenvalue weighted by Crippen LogP contribution is -2.48. The first-order valence-corrected chi connectivity index (χ1v) is 8.12. The Morgan fingerprint density at radius 2 is 2.00 bits per heavy atom. The van der Waals surface area contributed by atoms with Crippen molar-refractivity contribution in [1.29, 1.82) is 0 Å². The average molecular weight is 269 g/mol. The molecule has 0 aliphatic carbocycles. The standard InChI is InChI=1S/C15H31N3O/c1-3-17(4-2)12-13(19)11-16-14-8-10-18-9-6-5-7-15(14)18/h13-16,19H,3-12H2,1-2H3. The van der Waals surface area contributed by atoms with Crippen LogP contribution >= 0.6 is 0 Å². The first-order valence-electron chi connectivity index (χ1n) is 8.12. The van der Waals surface area contributed by atoms with E-state index in [2.05, 4.69) is 29.0 Å². The molecule has 2 rings (SSSR count). The van der Waals surface area contributed by atoms with Gasteiger partial charge in [0, 0.05) is 31.7 Å². The quantitative estimate of drug-likeness (QED) is 0.720. The van der Waals surface area contributed by atoms with Gasteiger partial charge in [0.2, 0.25) is 0 Å². The minimum Gasteiger partial charge on any atom is -0.390 e. The molecule has 2 aliphatic rings. The van der Waals surface area contributed by atoms with Crippen LogP contribution in [0.3, 0.4) is 0 Å². The van der Waals surface area contributed by atoms with Gasteiger partial charge in [-0.1, -0.05) is 20.3 Å². The minimum atomic E-state index is -0.238. The lowest BCUT2D eigenvalue weighted by Gasteiger charge is -2.33. The molecule has 0 saturated carbocycles. The Kier molecular flexibility index (Phi) is 6.07. The van der Waals surface area contributed by atoms with Crippen LogP contribution in [0.2, 0.25) is 0 Å². The second-order valence-corrected chi connectivity index (χ2v) is 6.04. The second-order valence-electron chi connectivity index (χ2n) is 6.04. The van der Waals surface area contributed by atoms with Gasteiger partial charge in [0.05, 0.1) is 6.10 Å². The van der Waals surface area contributed by atoms with Crippen molar-refractivity contribution in [3.8, 4) is 0 Å². The molecule has 2 N–H and O–H groups in total. The number of likely N-dealkylation sites (N-methyl/N-ethyl adjacent to an activating group) is 1. The van der Waals surface area contributed by atoms with Crippen LogP contribution in [0.25, 0.3) is 0 Å². The van der Waals surface area contributed by atoms with Crippen LogP contribution in [0.4, 0.5) is 0 Å². The molecule has 2 aliphatic heterocycles. The maximum Gasteiger partial charge on any atom is 0.0791 e. The first kappa shape index (κ1) is 15.2. The van der Waals surface area contributed by atoms with E-state index in [4.69, 9.17) is 0 Å². The molecular weight excluding hydrogens is 238 g/mol. The summed E-state index contributed by atoms with van der Waals surface area (Å²) in [5.74, 6) is 0. The molecule has 4 nitrogen and oxygen atoms in total. The highest BCUT2D eigenvalue weighted by Crippen LogP contribution is 2.26. The number of aliphatic hydroxyl groups excluding tert-OH is 1. The number of aliphatic hydroxyl groups is 1. The van der Waals surface area contributed by atoms with Crippen molar-refractivity contribution in [3.63, 3.8) is 0 Å². The van der Waals surface area contributed by atoms with E-state index >= 15 is 0 Å². The van der Waals surface area contributed by atoms with Crippen LogP contribution in [0, 0.1) is 0 Å². The first-order chi connectivity index (χ1) is 9.24. The van der Waals surface area contributed by atoms with Crippen LogP contribution in [0.15, 0.2) is 0 Å². The van der Waals surface area contributed by atoms with Crippen molar-refractivity contribution in [3.05, 3.63) is 0 Å². The largest absolute Gasteiger partial charge is 0.390 e. The van der Waals surface area contributed by atoms with Gasteiger partial charge in [0.1, 0.15) is 0 Å². The number of nitrogens with zero attached hydrogens (tertiary/aromatic N) is 2. The summed E-state index contributed by atoms with van der Waals surface area (Å²) < 4.78 is 0. The molecule has 2 fully saturated rings. The minimum absolute atomic E-state index is 0.238. The molecule has 0 aromatic carbocycles. The molecule has 0 amide bonds. The molecule has 2 heterocycles. The molecule has 0 spiro atoms. The summed E-state index contributed by atoms with van der Waals surface area (Å²) in [6.07, 6.45) is 5.10. The van der Waals surface area contributed by atoms with Crippen molar-refractivity contribution in [2.45, 2.75) is 57.7 Å². The maximum atomic E-state index is 10.1. The van der Waals surface area contributed by atoms with Crippen molar-refractivity contribution in [2.75, 3.05) is 39.3 Å². The molecule has 3 atom stereocenters. The van der Waals surface area contributed by atoms with E-state index in [1.807, 2.05) is 0 Å².